The van der Waals surface area contributed by atoms with Gasteiger partial charge in [-0.25, -0.2) is 14.8 Å². The smallest absolute Gasteiger partial charge is 0.323 e. The van der Waals surface area contributed by atoms with Crippen molar-refractivity contribution in [1.82, 2.24) is 24.5 Å². The van der Waals surface area contributed by atoms with Gasteiger partial charge in [0.15, 0.2) is 5.65 Å². The summed E-state index contributed by atoms with van der Waals surface area (Å²) in [6, 6.07) is 15.5. The van der Waals surface area contributed by atoms with Crippen LogP contribution < -0.4 is 16.6 Å². The van der Waals surface area contributed by atoms with Crippen LogP contribution in [0, 0.1) is 0 Å². The largest absolute Gasteiger partial charge is 0.325 e. The number of aromatic amines is 2. The van der Waals surface area contributed by atoms with Crippen LogP contribution >= 0.6 is 0 Å². The second-order valence-corrected chi connectivity index (χ2v) is 6.84. The Labute approximate surface area is 168 Å². The summed E-state index contributed by atoms with van der Waals surface area (Å²) in [4.78, 5) is 49.3. The molecule has 9 nitrogen and oxygen atoms in total. The summed E-state index contributed by atoms with van der Waals surface area (Å²) in [5.74, 6) is -0.354. The summed E-state index contributed by atoms with van der Waals surface area (Å²) in [6.45, 7) is 0.351. The van der Waals surface area contributed by atoms with Gasteiger partial charge in [0.05, 0.1) is 16.6 Å². The zero-order valence-electron chi connectivity index (χ0n) is 15.7. The maximum atomic E-state index is 12.4. The summed E-state index contributed by atoms with van der Waals surface area (Å²) < 4.78 is 1.96. The van der Waals surface area contributed by atoms with Gasteiger partial charge in [-0.1, -0.05) is 30.3 Å². The molecule has 9 heteroatoms. The van der Waals surface area contributed by atoms with Gasteiger partial charge < -0.3 is 14.9 Å². The van der Waals surface area contributed by atoms with Crippen molar-refractivity contribution < 1.29 is 4.79 Å². The molecule has 5 rings (SSSR count). The standard InChI is InChI=1S/C21H16N6O3/c28-17(23-15-11-22-21(30)26-20(15)29)9-10-27-16-8-4-1-5-12(16)18-19(27)25-14-7-3-2-6-13(14)24-18/h1-8,11H,9-10H2,(H,23,28)(H2,22,26,29,30). The molecule has 0 unspecified atom stereocenters. The fourth-order valence-corrected chi connectivity index (χ4v) is 3.54. The van der Waals surface area contributed by atoms with Crippen LogP contribution in [-0.4, -0.2) is 30.4 Å². The van der Waals surface area contributed by atoms with Gasteiger partial charge in [-0.05, 0) is 18.2 Å². The minimum atomic E-state index is -0.652. The number of benzene rings is 2. The highest BCUT2D eigenvalue weighted by atomic mass is 16.2. The molecule has 1 amide bonds. The number of H-pyrrole nitrogens is 2. The maximum Gasteiger partial charge on any atom is 0.325 e. The average Bonchev–Trinajstić information content (AvgIpc) is 3.05. The molecule has 30 heavy (non-hydrogen) atoms. The summed E-state index contributed by atoms with van der Waals surface area (Å²) in [5, 5.41) is 3.48. The van der Waals surface area contributed by atoms with E-state index in [0.29, 0.717) is 12.2 Å². The molecule has 0 spiro atoms. The Bertz CT molecular complexity index is 1550. The third-order valence-electron chi connectivity index (χ3n) is 4.91. The molecule has 0 aliphatic heterocycles. The monoisotopic (exact) mass is 400 g/mol. The molecule has 5 aromatic rings. The van der Waals surface area contributed by atoms with Crippen LogP contribution in [-0.2, 0) is 11.3 Å². The van der Waals surface area contributed by atoms with Crippen LogP contribution in [0.1, 0.15) is 6.42 Å². The van der Waals surface area contributed by atoms with Crippen molar-refractivity contribution in [3.8, 4) is 0 Å². The average molecular weight is 400 g/mol. The fraction of sp³-hybridized carbons (Fsp3) is 0.0952. The lowest BCUT2D eigenvalue weighted by molar-refractivity contribution is -0.116. The zero-order chi connectivity index (χ0) is 20.7. The van der Waals surface area contributed by atoms with Crippen LogP contribution in [0.25, 0.3) is 33.1 Å². The lowest BCUT2D eigenvalue weighted by Crippen LogP contribution is -2.26. The Balaban J connectivity index is 1.51. The number of nitrogens with one attached hydrogen (secondary N) is 3. The van der Waals surface area contributed by atoms with E-state index in [2.05, 4.69) is 15.3 Å². The summed E-state index contributed by atoms with van der Waals surface area (Å²) in [7, 11) is 0. The second-order valence-electron chi connectivity index (χ2n) is 6.84. The van der Waals surface area contributed by atoms with E-state index in [4.69, 9.17) is 9.97 Å². The number of hydrogen-bond donors (Lipinski definition) is 3. The summed E-state index contributed by atoms with van der Waals surface area (Å²) >= 11 is 0. The fourth-order valence-electron chi connectivity index (χ4n) is 3.54. The number of carbonyl (C=O) groups excluding carboxylic acids is 1. The number of anilines is 1. The minimum absolute atomic E-state index is 0.00684. The van der Waals surface area contributed by atoms with Gasteiger partial charge in [0.25, 0.3) is 5.56 Å². The highest BCUT2D eigenvalue weighted by Crippen LogP contribution is 2.28. The third kappa shape index (κ3) is 3.02. The van der Waals surface area contributed by atoms with E-state index in [0.717, 1.165) is 27.5 Å². The highest BCUT2D eigenvalue weighted by Gasteiger charge is 2.15. The van der Waals surface area contributed by atoms with Crippen LogP contribution in [0.4, 0.5) is 5.69 Å². The molecular formula is C21H16N6O3. The number of amides is 1. The van der Waals surface area contributed by atoms with E-state index in [1.807, 2.05) is 53.1 Å². The number of aryl methyl sites for hydroxylation is 1. The molecule has 0 aliphatic rings. The van der Waals surface area contributed by atoms with E-state index in [-0.39, 0.29) is 18.0 Å². The first-order chi connectivity index (χ1) is 14.6. The molecule has 148 valence electrons. The van der Waals surface area contributed by atoms with Gasteiger partial charge in [0, 0.05) is 24.5 Å². The van der Waals surface area contributed by atoms with E-state index in [1.54, 1.807) is 0 Å². The van der Waals surface area contributed by atoms with Crippen molar-refractivity contribution in [2.45, 2.75) is 13.0 Å². The lowest BCUT2D eigenvalue weighted by atomic mass is 10.2. The summed E-state index contributed by atoms with van der Waals surface area (Å²) in [5.41, 5.74) is 2.70. The van der Waals surface area contributed by atoms with Gasteiger partial charge >= 0.3 is 5.69 Å². The normalized spacial score (nSPS) is 11.3. The SMILES string of the molecule is O=C(CCn1c2ccccc2c2nc3ccccc3nc21)Nc1c[nH]c(=O)[nH]c1=O. The van der Waals surface area contributed by atoms with Crippen molar-refractivity contribution in [2.75, 3.05) is 5.32 Å². The second kappa shape index (κ2) is 6.96. The first-order valence-electron chi connectivity index (χ1n) is 9.36. The Morgan fingerprint density at radius 2 is 1.73 bits per heavy atom. The molecule has 0 saturated carbocycles. The Morgan fingerprint density at radius 1 is 1.00 bits per heavy atom. The number of hydrogen-bond acceptors (Lipinski definition) is 5. The topological polar surface area (TPSA) is 126 Å². The van der Waals surface area contributed by atoms with E-state index < -0.39 is 11.2 Å². The highest BCUT2D eigenvalue weighted by molar-refractivity contribution is 6.06. The molecule has 3 N–H and O–H groups in total. The molecule has 0 radical (unpaired) electrons. The molecule has 0 atom stereocenters. The molecule has 0 bridgehead atoms. The molecule has 3 heterocycles. The Hall–Kier alpha value is -4.27. The van der Waals surface area contributed by atoms with Gasteiger partial charge in [-0.15, -0.1) is 0 Å². The maximum absolute atomic E-state index is 12.4. The predicted octanol–water partition coefficient (Wildman–Crippen LogP) is 2.14. The number of aromatic nitrogens is 5. The molecule has 0 fully saturated rings. The first kappa shape index (κ1) is 17.8. The summed E-state index contributed by atoms with van der Waals surface area (Å²) in [6.07, 6.45) is 1.29. The zero-order valence-corrected chi connectivity index (χ0v) is 15.7. The van der Waals surface area contributed by atoms with Gasteiger partial charge in [0.2, 0.25) is 5.91 Å². The minimum Gasteiger partial charge on any atom is -0.323 e. The Morgan fingerprint density at radius 3 is 2.53 bits per heavy atom. The van der Waals surface area contributed by atoms with Crippen LogP contribution in [0.2, 0.25) is 0 Å². The predicted molar refractivity (Wildman–Crippen MR) is 113 cm³/mol. The number of fused-ring (bicyclic) bond motifs is 4. The van der Waals surface area contributed by atoms with E-state index in [1.165, 1.54) is 6.20 Å². The van der Waals surface area contributed by atoms with Crippen molar-refractivity contribution in [2.24, 2.45) is 0 Å². The number of nitrogens with zero attached hydrogens (tertiary/aromatic N) is 3. The van der Waals surface area contributed by atoms with Crippen LogP contribution in [0.5, 0.6) is 0 Å². The quantitative estimate of drug-likeness (QED) is 0.426. The van der Waals surface area contributed by atoms with E-state index in [9.17, 15) is 14.4 Å². The van der Waals surface area contributed by atoms with Crippen molar-refractivity contribution in [3.63, 3.8) is 0 Å². The Kier molecular flexibility index (Phi) is 4.13. The lowest BCUT2D eigenvalue weighted by Gasteiger charge is -2.08. The molecule has 0 saturated heterocycles. The molecule has 2 aromatic carbocycles. The van der Waals surface area contributed by atoms with Crippen LogP contribution in [0.3, 0.4) is 0 Å². The van der Waals surface area contributed by atoms with E-state index >= 15 is 0 Å². The molecular weight excluding hydrogens is 384 g/mol. The van der Waals surface area contributed by atoms with Crippen molar-refractivity contribution in [3.05, 3.63) is 75.6 Å². The van der Waals surface area contributed by atoms with Crippen molar-refractivity contribution >= 4 is 44.7 Å². The van der Waals surface area contributed by atoms with Gasteiger partial charge in [0.1, 0.15) is 11.2 Å². The van der Waals surface area contributed by atoms with Gasteiger partial charge in [-0.2, -0.15) is 0 Å². The molecule has 0 aliphatic carbocycles. The van der Waals surface area contributed by atoms with Crippen LogP contribution in [0.15, 0.2) is 64.3 Å². The number of rotatable bonds is 4. The third-order valence-corrected chi connectivity index (χ3v) is 4.91. The van der Waals surface area contributed by atoms with Gasteiger partial charge in [-0.3, -0.25) is 14.6 Å². The van der Waals surface area contributed by atoms with Crippen molar-refractivity contribution in [1.29, 1.82) is 0 Å². The molecule has 3 aromatic heterocycles. The number of para-hydroxylation sites is 3. The first-order valence-corrected chi connectivity index (χ1v) is 9.36. The number of carbonyl (C=O) groups is 1.